The van der Waals surface area contributed by atoms with Crippen LogP contribution in [0.3, 0.4) is 0 Å². The van der Waals surface area contributed by atoms with Crippen molar-refractivity contribution in [3.8, 4) is 0 Å². The third kappa shape index (κ3) is 4.30. The summed E-state index contributed by atoms with van der Waals surface area (Å²) in [6, 6.07) is 5.06. The predicted octanol–water partition coefficient (Wildman–Crippen LogP) is 2.99. The zero-order valence-corrected chi connectivity index (χ0v) is 11.9. The maximum absolute atomic E-state index is 12.0. The van der Waals surface area contributed by atoms with Crippen LogP contribution in [0.4, 0.5) is 0 Å². The number of amides is 1. The second-order valence-electron chi connectivity index (χ2n) is 3.72. The van der Waals surface area contributed by atoms with Crippen molar-refractivity contribution in [2.75, 3.05) is 6.61 Å². The highest BCUT2D eigenvalue weighted by atomic mass is 79.9. The quantitative estimate of drug-likeness (QED) is 0.876. The summed E-state index contributed by atoms with van der Waals surface area (Å²) >= 11 is 9.16. The van der Waals surface area contributed by atoms with Gasteiger partial charge in [0.05, 0.1) is 5.56 Å². The van der Waals surface area contributed by atoms with E-state index in [1.54, 1.807) is 18.2 Å². The fourth-order valence-corrected chi connectivity index (χ4v) is 2.07. The number of aliphatic hydroxyl groups excluding tert-OH is 1. The van der Waals surface area contributed by atoms with Crippen molar-refractivity contribution in [1.82, 2.24) is 5.32 Å². The Hall–Kier alpha value is -0.580. The zero-order valence-electron chi connectivity index (χ0n) is 9.54. The van der Waals surface area contributed by atoms with Crippen molar-refractivity contribution < 1.29 is 9.90 Å². The Kier molecular flexibility index (Phi) is 5.95. The SMILES string of the molecule is CCC(CCO)NC(=O)c1cc(Cl)ccc1Br. The lowest BCUT2D eigenvalue weighted by atomic mass is 10.1. The molecule has 0 bridgehead atoms. The normalized spacial score (nSPS) is 12.2. The van der Waals surface area contributed by atoms with Crippen molar-refractivity contribution >= 4 is 33.4 Å². The van der Waals surface area contributed by atoms with Crippen molar-refractivity contribution in [3.05, 3.63) is 33.3 Å². The summed E-state index contributed by atoms with van der Waals surface area (Å²) in [6.45, 7) is 2.03. The van der Waals surface area contributed by atoms with Gasteiger partial charge in [0.1, 0.15) is 0 Å². The van der Waals surface area contributed by atoms with Crippen LogP contribution in [0.5, 0.6) is 0 Å². The van der Waals surface area contributed by atoms with Gasteiger partial charge in [-0.3, -0.25) is 4.79 Å². The van der Waals surface area contributed by atoms with E-state index in [-0.39, 0.29) is 18.6 Å². The van der Waals surface area contributed by atoms with Crippen molar-refractivity contribution in [2.24, 2.45) is 0 Å². The third-order valence-corrected chi connectivity index (χ3v) is 3.41. The van der Waals surface area contributed by atoms with Crippen molar-refractivity contribution in [1.29, 1.82) is 0 Å². The van der Waals surface area contributed by atoms with Gasteiger partial charge in [-0.05, 0) is 47.0 Å². The van der Waals surface area contributed by atoms with Crippen molar-refractivity contribution in [2.45, 2.75) is 25.8 Å². The number of benzene rings is 1. The number of rotatable bonds is 5. The van der Waals surface area contributed by atoms with Crippen LogP contribution in [-0.4, -0.2) is 23.7 Å². The fourth-order valence-electron chi connectivity index (χ4n) is 1.47. The Balaban J connectivity index is 2.78. The van der Waals surface area contributed by atoms with E-state index in [1.165, 1.54) is 0 Å². The minimum absolute atomic E-state index is 0.0154. The molecule has 0 aliphatic heterocycles. The first kappa shape index (κ1) is 14.5. The van der Waals surface area contributed by atoms with Crippen LogP contribution < -0.4 is 5.32 Å². The molecule has 0 fully saturated rings. The number of hydrogen-bond acceptors (Lipinski definition) is 2. The summed E-state index contributed by atoms with van der Waals surface area (Å²) in [5, 5.41) is 12.3. The minimum atomic E-state index is -0.181. The maximum Gasteiger partial charge on any atom is 0.252 e. The van der Waals surface area contributed by atoms with Crippen LogP contribution >= 0.6 is 27.5 Å². The molecule has 0 saturated heterocycles. The van der Waals surface area contributed by atoms with Gasteiger partial charge in [0.15, 0.2) is 0 Å². The summed E-state index contributed by atoms with van der Waals surface area (Å²) < 4.78 is 0.707. The highest BCUT2D eigenvalue weighted by Gasteiger charge is 2.14. The van der Waals surface area contributed by atoms with E-state index >= 15 is 0 Å². The molecule has 0 aromatic heterocycles. The Bertz CT molecular complexity index is 398. The highest BCUT2D eigenvalue weighted by molar-refractivity contribution is 9.10. The van der Waals surface area contributed by atoms with Gasteiger partial charge >= 0.3 is 0 Å². The fraction of sp³-hybridized carbons (Fsp3) is 0.417. The molecule has 0 heterocycles. The molecule has 1 amide bonds. The summed E-state index contributed by atoms with van der Waals surface area (Å²) in [7, 11) is 0. The molecule has 2 N–H and O–H groups in total. The number of hydrogen-bond donors (Lipinski definition) is 2. The van der Waals surface area contributed by atoms with E-state index in [0.717, 1.165) is 6.42 Å². The second kappa shape index (κ2) is 6.99. The topological polar surface area (TPSA) is 49.3 Å². The van der Waals surface area contributed by atoms with Crippen LogP contribution in [0.15, 0.2) is 22.7 Å². The summed E-state index contributed by atoms with van der Waals surface area (Å²) in [5.74, 6) is -0.181. The number of halogens is 2. The number of nitrogens with one attached hydrogen (secondary N) is 1. The lowest BCUT2D eigenvalue weighted by molar-refractivity contribution is 0.0928. The van der Waals surface area contributed by atoms with Gasteiger partial charge in [-0.1, -0.05) is 18.5 Å². The highest BCUT2D eigenvalue weighted by Crippen LogP contribution is 2.21. The van der Waals surface area contributed by atoms with Gasteiger partial charge in [0, 0.05) is 22.1 Å². The summed E-state index contributed by atoms with van der Waals surface area (Å²) in [5.41, 5.74) is 0.508. The van der Waals surface area contributed by atoms with E-state index in [0.29, 0.717) is 21.5 Å². The van der Waals surface area contributed by atoms with E-state index in [2.05, 4.69) is 21.2 Å². The predicted molar refractivity (Wildman–Crippen MR) is 72.4 cm³/mol. The molecule has 17 heavy (non-hydrogen) atoms. The number of aliphatic hydroxyl groups is 1. The van der Waals surface area contributed by atoms with Gasteiger partial charge in [-0.15, -0.1) is 0 Å². The molecule has 1 atom stereocenters. The van der Waals surface area contributed by atoms with E-state index in [9.17, 15) is 4.79 Å². The molecule has 3 nitrogen and oxygen atoms in total. The van der Waals surface area contributed by atoms with E-state index in [1.807, 2.05) is 6.92 Å². The van der Waals surface area contributed by atoms with Crippen LogP contribution in [0.2, 0.25) is 5.02 Å². The first-order valence-corrected chi connectivity index (χ1v) is 6.62. The molecule has 1 aromatic carbocycles. The lowest BCUT2D eigenvalue weighted by Gasteiger charge is -2.16. The Morgan fingerprint density at radius 3 is 2.88 bits per heavy atom. The second-order valence-corrected chi connectivity index (χ2v) is 5.01. The van der Waals surface area contributed by atoms with Crippen LogP contribution in [-0.2, 0) is 0 Å². The number of carbonyl (C=O) groups is 1. The Labute approximate surface area is 114 Å². The molecular weight excluding hydrogens is 305 g/mol. The van der Waals surface area contributed by atoms with Gasteiger partial charge < -0.3 is 10.4 Å². The molecule has 94 valence electrons. The molecule has 0 aliphatic rings. The average Bonchev–Trinajstić information content (AvgIpc) is 2.31. The molecule has 0 aliphatic carbocycles. The Morgan fingerprint density at radius 2 is 2.29 bits per heavy atom. The molecule has 5 heteroatoms. The summed E-state index contributed by atoms with van der Waals surface area (Å²) in [4.78, 5) is 12.0. The average molecular weight is 321 g/mol. The first-order valence-electron chi connectivity index (χ1n) is 5.45. The van der Waals surface area contributed by atoms with Crippen LogP contribution in [0.25, 0.3) is 0 Å². The third-order valence-electron chi connectivity index (χ3n) is 2.48. The molecule has 1 unspecified atom stereocenters. The van der Waals surface area contributed by atoms with Gasteiger partial charge in [-0.2, -0.15) is 0 Å². The van der Waals surface area contributed by atoms with Gasteiger partial charge in [-0.25, -0.2) is 0 Å². The molecule has 0 saturated carbocycles. The van der Waals surface area contributed by atoms with E-state index < -0.39 is 0 Å². The molecule has 1 aromatic rings. The molecule has 1 rings (SSSR count). The molecule has 0 spiro atoms. The smallest absolute Gasteiger partial charge is 0.252 e. The van der Waals surface area contributed by atoms with Gasteiger partial charge in [0.2, 0.25) is 0 Å². The largest absolute Gasteiger partial charge is 0.396 e. The summed E-state index contributed by atoms with van der Waals surface area (Å²) in [6.07, 6.45) is 1.34. The monoisotopic (exact) mass is 319 g/mol. The first-order chi connectivity index (χ1) is 8.08. The van der Waals surface area contributed by atoms with Crippen LogP contribution in [0, 0.1) is 0 Å². The van der Waals surface area contributed by atoms with Gasteiger partial charge in [0.25, 0.3) is 5.91 Å². The minimum Gasteiger partial charge on any atom is -0.396 e. The Morgan fingerprint density at radius 1 is 1.59 bits per heavy atom. The lowest BCUT2D eigenvalue weighted by Crippen LogP contribution is -2.35. The number of carbonyl (C=O) groups excluding carboxylic acids is 1. The maximum atomic E-state index is 12.0. The van der Waals surface area contributed by atoms with Crippen molar-refractivity contribution in [3.63, 3.8) is 0 Å². The molecule has 0 radical (unpaired) electrons. The zero-order chi connectivity index (χ0) is 12.8. The standard InChI is InChI=1S/C12H15BrClNO2/c1-2-9(5-6-16)15-12(17)10-7-8(14)3-4-11(10)13/h3-4,7,9,16H,2,5-6H2,1H3,(H,15,17). The molecular formula is C12H15BrClNO2. The van der Waals surface area contributed by atoms with E-state index in [4.69, 9.17) is 16.7 Å². The van der Waals surface area contributed by atoms with Crippen LogP contribution in [0.1, 0.15) is 30.1 Å².